The van der Waals surface area contributed by atoms with Crippen LogP contribution in [0.25, 0.3) is 0 Å². The lowest BCUT2D eigenvalue weighted by Crippen LogP contribution is -2.27. The van der Waals surface area contributed by atoms with E-state index >= 15 is 0 Å². The predicted octanol–water partition coefficient (Wildman–Crippen LogP) is 1.10. The fourth-order valence-corrected chi connectivity index (χ4v) is 2.00. The van der Waals surface area contributed by atoms with Crippen molar-refractivity contribution in [2.45, 2.75) is 0 Å². The molecule has 1 amide bonds. The summed E-state index contributed by atoms with van der Waals surface area (Å²) in [5.74, 6) is 0.737. The van der Waals surface area contributed by atoms with Crippen LogP contribution in [0, 0.1) is 0 Å². The summed E-state index contributed by atoms with van der Waals surface area (Å²) in [5, 5.41) is 3.41. The number of amidine groups is 1. The van der Waals surface area contributed by atoms with Crippen LogP contribution in [0.5, 0.6) is 0 Å². The quantitative estimate of drug-likeness (QED) is 0.698. The van der Waals surface area contributed by atoms with Gasteiger partial charge in [0.05, 0.1) is 12.1 Å². The first kappa shape index (κ1) is 10.0. The molecule has 0 saturated heterocycles. The maximum atomic E-state index is 11.7. The number of carbonyl (C=O) groups is 1. The number of nitrogens with zero attached hydrogens (tertiary/aromatic N) is 1. The first-order chi connectivity index (χ1) is 7.27. The summed E-state index contributed by atoms with van der Waals surface area (Å²) in [6.45, 7) is 0.768. The molecule has 0 radical (unpaired) electrons. The monoisotopic (exact) mass is 221 g/mol. The number of hydrogen-bond acceptors (Lipinski definition) is 4. The van der Waals surface area contributed by atoms with Crippen LogP contribution >= 0.6 is 11.8 Å². The minimum Gasteiger partial charge on any atom is -0.398 e. The minimum absolute atomic E-state index is 0.193. The Morgan fingerprint density at radius 1 is 1.47 bits per heavy atom. The number of amides is 1. The van der Waals surface area contributed by atoms with Crippen LogP contribution < -0.4 is 11.1 Å². The van der Waals surface area contributed by atoms with Gasteiger partial charge in [-0.15, -0.1) is 0 Å². The highest BCUT2D eigenvalue weighted by atomic mass is 32.2. The van der Waals surface area contributed by atoms with Crippen molar-refractivity contribution in [2.75, 3.05) is 18.0 Å². The van der Waals surface area contributed by atoms with Gasteiger partial charge in [-0.25, -0.2) is 0 Å². The maximum absolute atomic E-state index is 11.7. The zero-order valence-electron chi connectivity index (χ0n) is 8.06. The van der Waals surface area contributed by atoms with E-state index in [0.29, 0.717) is 16.4 Å². The molecule has 1 heterocycles. The molecule has 1 aromatic carbocycles. The molecule has 1 aliphatic heterocycles. The molecular formula is C10H11N3OS. The Morgan fingerprint density at radius 2 is 2.27 bits per heavy atom. The van der Waals surface area contributed by atoms with Gasteiger partial charge >= 0.3 is 0 Å². The standard InChI is InChI=1S/C10H11N3OS/c11-8-4-2-1-3-7(8)9(14)13-10-12-5-6-15-10/h1-4H,5-6,11H2,(H,12,13,14). The zero-order chi connectivity index (χ0) is 10.7. The summed E-state index contributed by atoms with van der Waals surface area (Å²) in [5.41, 5.74) is 6.67. The number of nitrogens with one attached hydrogen (secondary N) is 1. The van der Waals surface area contributed by atoms with Gasteiger partial charge in [-0.05, 0) is 12.1 Å². The lowest BCUT2D eigenvalue weighted by atomic mass is 10.2. The number of thioether (sulfide) groups is 1. The summed E-state index contributed by atoms with van der Waals surface area (Å²) < 4.78 is 0. The van der Waals surface area contributed by atoms with Gasteiger partial charge in [0.25, 0.3) is 5.91 Å². The summed E-state index contributed by atoms with van der Waals surface area (Å²) in [6, 6.07) is 6.99. The van der Waals surface area contributed by atoms with Crippen molar-refractivity contribution in [2.24, 2.45) is 4.99 Å². The Morgan fingerprint density at radius 3 is 2.93 bits per heavy atom. The predicted molar refractivity (Wildman–Crippen MR) is 63.1 cm³/mol. The first-order valence-electron chi connectivity index (χ1n) is 4.60. The Labute approximate surface area is 92.0 Å². The smallest absolute Gasteiger partial charge is 0.259 e. The normalized spacial score (nSPS) is 14.8. The third-order valence-corrected chi connectivity index (χ3v) is 2.90. The Balaban J connectivity index is 2.11. The molecule has 0 atom stereocenters. The van der Waals surface area contributed by atoms with Crippen molar-refractivity contribution in [1.29, 1.82) is 0 Å². The van der Waals surface area contributed by atoms with E-state index < -0.39 is 0 Å². The van der Waals surface area contributed by atoms with Gasteiger partial charge in [0.2, 0.25) is 0 Å². The number of aliphatic imine (C=N–C) groups is 1. The van der Waals surface area contributed by atoms with E-state index in [-0.39, 0.29) is 5.91 Å². The highest BCUT2D eigenvalue weighted by Gasteiger charge is 2.13. The van der Waals surface area contributed by atoms with E-state index in [4.69, 9.17) is 5.73 Å². The molecule has 0 spiro atoms. The van der Waals surface area contributed by atoms with Crippen LogP contribution in [0.1, 0.15) is 10.4 Å². The molecule has 0 fully saturated rings. The van der Waals surface area contributed by atoms with Crippen LogP contribution in [-0.4, -0.2) is 23.4 Å². The van der Waals surface area contributed by atoms with Crippen molar-refractivity contribution < 1.29 is 4.79 Å². The number of anilines is 1. The summed E-state index contributed by atoms with van der Waals surface area (Å²) in [4.78, 5) is 15.9. The lowest BCUT2D eigenvalue weighted by Gasteiger charge is -2.05. The summed E-state index contributed by atoms with van der Waals surface area (Å²) in [7, 11) is 0. The minimum atomic E-state index is -0.193. The van der Waals surface area contributed by atoms with E-state index in [1.165, 1.54) is 0 Å². The molecule has 0 unspecified atom stereocenters. The van der Waals surface area contributed by atoms with E-state index in [0.717, 1.165) is 12.3 Å². The molecule has 78 valence electrons. The molecule has 1 aliphatic rings. The van der Waals surface area contributed by atoms with E-state index in [9.17, 15) is 4.79 Å². The topological polar surface area (TPSA) is 67.5 Å². The van der Waals surface area contributed by atoms with Crippen LogP contribution in [-0.2, 0) is 0 Å². The van der Waals surface area contributed by atoms with Crippen LogP contribution in [0.2, 0.25) is 0 Å². The van der Waals surface area contributed by atoms with Gasteiger partial charge in [0.15, 0.2) is 5.17 Å². The highest BCUT2D eigenvalue weighted by molar-refractivity contribution is 8.14. The largest absolute Gasteiger partial charge is 0.398 e. The van der Waals surface area contributed by atoms with E-state index in [1.54, 1.807) is 36.0 Å². The van der Waals surface area contributed by atoms with Gasteiger partial charge in [0, 0.05) is 11.4 Å². The maximum Gasteiger partial charge on any atom is 0.259 e. The van der Waals surface area contributed by atoms with Crippen molar-refractivity contribution in [3.8, 4) is 0 Å². The first-order valence-corrected chi connectivity index (χ1v) is 5.59. The highest BCUT2D eigenvalue weighted by Crippen LogP contribution is 2.13. The van der Waals surface area contributed by atoms with Gasteiger partial charge < -0.3 is 11.1 Å². The average molecular weight is 221 g/mol. The number of nitrogen functional groups attached to an aromatic ring is 1. The van der Waals surface area contributed by atoms with E-state index in [1.807, 2.05) is 0 Å². The average Bonchev–Trinajstić information content (AvgIpc) is 2.71. The van der Waals surface area contributed by atoms with Crippen LogP contribution in [0.15, 0.2) is 29.3 Å². The van der Waals surface area contributed by atoms with Gasteiger partial charge in [-0.2, -0.15) is 0 Å². The second kappa shape index (κ2) is 4.35. The second-order valence-corrected chi connectivity index (χ2v) is 4.16. The fraction of sp³-hybridized carbons (Fsp3) is 0.200. The third kappa shape index (κ3) is 2.30. The van der Waals surface area contributed by atoms with Gasteiger partial charge in [-0.3, -0.25) is 9.79 Å². The molecule has 0 aromatic heterocycles. The Kier molecular flexibility index (Phi) is 2.91. The number of para-hydroxylation sites is 1. The number of benzene rings is 1. The molecule has 2 rings (SSSR count). The Bertz CT molecular complexity index is 417. The number of carbonyl (C=O) groups excluding carboxylic acids is 1. The van der Waals surface area contributed by atoms with Crippen molar-refractivity contribution in [3.05, 3.63) is 29.8 Å². The molecule has 5 heteroatoms. The van der Waals surface area contributed by atoms with Crippen molar-refractivity contribution >= 4 is 28.5 Å². The van der Waals surface area contributed by atoms with Crippen LogP contribution in [0.3, 0.4) is 0 Å². The van der Waals surface area contributed by atoms with Crippen molar-refractivity contribution in [1.82, 2.24) is 5.32 Å². The molecule has 0 aliphatic carbocycles. The summed E-state index contributed by atoms with van der Waals surface area (Å²) >= 11 is 1.55. The fourth-order valence-electron chi connectivity index (χ4n) is 1.28. The van der Waals surface area contributed by atoms with E-state index in [2.05, 4.69) is 10.3 Å². The molecular weight excluding hydrogens is 210 g/mol. The van der Waals surface area contributed by atoms with Crippen molar-refractivity contribution in [3.63, 3.8) is 0 Å². The molecule has 1 aromatic rings. The molecule has 15 heavy (non-hydrogen) atoms. The molecule has 0 bridgehead atoms. The van der Waals surface area contributed by atoms with Gasteiger partial charge in [-0.1, -0.05) is 23.9 Å². The Hall–Kier alpha value is -1.49. The number of nitrogens with two attached hydrogens (primary N) is 1. The summed E-state index contributed by atoms with van der Waals surface area (Å²) in [6.07, 6.45) is 0. The third-order valence-electron chi connectivity index (χ3n) is 2.01. The molecule has 0 saturated carbocycles. The van der Waals surface area contributed by atoms with Crippen LogP contribution in [0.4, 0.5) is 5.69 Å². The molecule has 4 nitrogen and oxygen atoms in total. The SMILES string of the molecule is Nc1ccccc1C(=O)NC1=NCCS1. The zero-order valence-corrected chi connectivity index (χ0v) is 8.88. The number of hydrogen-bond donors (Lipinski definition) is 2. The molecule has 3 N–H and O–H groups in total. The number of rotatable bonds is 1. The van der Waals surface area contributed by atoms with Gasteiger partial charge in [0.1, 0.15) is 0 Å². The second-order valence-electron chi connectivity index (χ2n) is 3.08. The lowest BCUT2D eigenvalue weighted by molar-refractivity contribution is 0.0979.